The maximum Gasteiger partial charge on any atom is 0.271 e. The lowest BCUT2D eigenvalue weighted by atomic mass is 10.2. The Bertz CT molecular complexity index is 537. The van der Waals surface area contributed by atoms with E-state index in [1.54, 1.807) is 23.0 Å². The Morgan fingerprint density at radius 1 is 1.50 bits per heavy atom. The van der Waals surface area contributed by atoms with Gasteiger partial charge in [0.15, 0.2) is 0 Å². The van der Waals surface area contributed by atoms with E-state index in [9.17, 15) is 10.1 Å². The SMILES string of the molecule is Cc1ccc([N+](=O)[O-])cc1NCCn1cccn1. The average molecular weight is 246 g/mol. The van der Waals surface area contributed by atoms with Gasteiger partial charge in [0, 0.05) is 36.8 Å². The van der Waals surface area contributed by atoms with Gasteiger partial charge < -0.3 is 5.32 Å². The molecule has 0 aliphatic carbocycles. The molecule has 0 aliphatic rings. The molecule has 0 aliphatic heterocycles. The van der Waals surface area contributed by atoms with Gasteiger partial charge in [0.1, 0.15) is 0 Å². The molecular formula is C12H14N4O2. The summed E-state index contributed by atoms with van der Waals surface area (Å²) < 4.78 is 1.81. The molecule has 18 heavy (non-hydrogen) atoms. The molecule has 0 fully saturated rings. The lowest BCUT2D eigenvalue weighted by Crippen LogP contribution is -2.11. The first-order chi connectivity index (χ1) is 8.66. The highest BCUT2D eigenvalue weighted by Crippen LogP contribution is 2.21. The maximum absolute atomic E-state index is 10.7. The molecule has 0 saturated heterocycles. The molecule has 0 atom stereocenters. The fourth-order valence-corrected chi connectivity index (χ4v) is 1.65. The van der Waals surface area contributed by atoms with E-state index >= 15 is 0 Å². The van der Waals surface area contributed by atoms with Gasteiger partial charge in [-0.3, -0.25) is 14.8 Å². The van der Waals surface area contributed by atoms with E-state index < -0.39 is 4.92 Å². The Kier molecular flexibility index (Phi) is 3.57. The third-order valence-electron chi connectivity index (χ3n) is 2.65. The van der Waals surface area contributed by atoms with Crippen molar-refractivity contribution in [3.8, 4) is 0 Å². The molecular weight excluding hydrogens is 232 g/mol. The number of nitrogens with one attached hydrogen (secondary N) is 1. The van der Waals surface area contributed by atoms with Crippen LogP contribution in [-0.2, 0) is 6.54 Å². The number of aryl methyl sites for hydroxylation is 1. The molecule has 6 nitrogen and oxygen atoms in total. The highest BCUT2D eigenvalue weighted by molar-refractivity contribution is 5.56. The second-order valence-electron chi connectivity index (χ2n) is 3.95. The zero-order chi connectivity index (χ0) is 13.0. The first-order valence-electron chi connectivity index (χ1n) is 5.63. The Hall–Kier alpha value is -2.37. The normalized spacial score (nSPS) is 10.3. The van der Waals surface area contributed by atoms with Crippen LogP contribution in [0.1, 0.15) is 5.56 Å². The molecule has 0 radical (unpaired) electrons. The zero-order valence-corrected chi connectivity index (χ0v) is 10.0. The summed E-state index contributed by atoms with van der Waals surface area (Å²) in [4.78, 5) is 10.3. The van der Waals surface area contributed by atoms with Crippen molar-refractivity contribution < 1.29 is 4.92 Å². The molecule has 1 aromatic carbocycles. The number of hydrogen-bond acceptors (Lipinski definition) is 4. The van der Waals surface area contributed by atoms with Crippen molar-refractivity contribution >= 4 is 11.4 Å². The number of nitro groups is 1. The number of aromatic nitrogens is 2. The molecule has 1 N–H and O–H groups in total. The summed E-state index contributed by atoms with van der Waals surface area (Å²) in [6.07, 6.45) is 3.60. The lowest BCUT2D eigenvalue weighted by molar-refractivity contribution is -0.384. The minimum Gasteiger partial charge on any atom is -0.383 e. The molecule has 2 aromatic rings. The number of anilines is 1. The largest absolute Gasteiger partial charge is 0.383 e. The molecule has 1 aromatic heterocycles. The molecule has 2 rings (SSSR count). The standard InChI is InChI=1S/C12H14N4O2/c1-10-3-4-11(16(17)18)9-12(10)13-6-8-15-7-2-5-14-15/h2-5,7,9,13H,6,8H2,1H3. The number of nitro benzene ring substituents is 1. The van der Waals surface area contributed by atoms with Gasteiger partial charge in [-0.05, 0) is 18.6 Å². The molecule has 6 heteroatoms. The summed E-state index contributed by atoms with van der Waals surface area (Å²) in [5.74, 6) is 0. The molecule has 0 unspecified atom stereocenters. The quantitative estimate of drug-likeness (QED) is 0.648. The Labute approximate surface area is 104 Å². The minimum absolute atomic E-state index is 0.0992. The fourth-order valence-electron chi connectivity index (χ4n) is 1.65. The van der Waals surface area contributed by atoms with Crippen LogP contribution in [0.5, 0.6) is 0 Å². The van der Waals surface area contributed by atoms with Crippen LogP contribution in [0.3, 0.4) is 0 Å². The van der Waals surface area contributed by atoms with E-state index in [2.05, 4.69) is 10.4 Å². The van der Waals surface area contributed by atoms with E-state index in [0.717, 1.165) is 17.8 Å². The topological polar surface area (TPSA) is 73.0 Å². The van der Waals surface area contributed by atoms with E-state index in [1.807, 2.05) is 19.2 Å². The highest BCUT2D eigenvalue weighted by Gasteiger charge is 2.07. The van der Waals surface area contributed by atoms with Gasteiger partial charge in [0.2, 0.25) is 0 Å². The van der Waals surface area contributed by atoms with E-state index in [4.69, 9.17) is 0 Å². The summed E-state index contributed by atoms with van der Waals surface area (Å²) >= 11 is 0. The van der Waals surface area contributed by atoms with Crippen molar-refractivity contribution in [2.24, 2.45) is 0 Å². The summed E-state index contributed by atoms with van der Waals surface area (Å²) in [5, 5.41) is 18.0. The number of rotatable bonds is 5. The van der Waals surface area contributed by atoms with Crippen LogP contribution in [0.4, 0.5) is 11.4 Å². The molecule has 0 saturated carbocycles. The van der Waals surface area contributed by atoms with Crippen LogP contribution in [0.15, 0.2) is 36.7 Å². The molecule has 0 bridgehead atoms. The van der Waals surface area contributed by atoms with Gasteiger partial charge in [-0.2, -0.15) is 5.10 Å². The van der Waals surface area contributed by atoms with Crippen molar-refractivity contribution in [1.82, 2.24) is 9.78 Å². The molecule has 0 spiro atoms. The molecule has 0 amide bonds. The van der Waals surface area contributed by atoms with Gasteiger partial charge in [-0.15, -0.1) is 0 Å². The van der Waals surface area contributed by atoms with Crippen molar-refractivity contribution in [2.75, 3.05) is 11.9 Å². The van der Waals surface area contributed by atoms with Crippen LogP contribution in [-0.4, -0.2) is 21.2 Å². The number of nitrogens with zero attached hydrogens (tertiary/aromatic N) is 3. The lowest BCUT2D eigenvalue weighted by Gasteiger charge is -2.09. The van der Waals surface area contributed by atoms with Crippen LogP contribution in [0.25, 0.3) is 0 Å². The van der Waals surface area contributed by atoms with Gasteiger partial charge in [-0.1, -0.05) is 6.07 Å². The third kappa shape index (κ3) is 2.85. The van der Waals surface area contributed by atoms with Crippen LogP contribution in [0, 0.1) is 17.0 Å². The summed E-state index contributed by atoms with van der Waals surface area (Å²) in [6, 6.07) is 6.67. The van der Waals surface area contributed by atoms with Crippen LogP contribution >= 0.6 is 0 Å². The summed E-state index contributed by atoms with van der Waals surface area (Å²) in [6.45, 7) is 3.30. The van der Waals surface area contributed by atoms with Gasteiger partial charge in [0.05, 0.1) is 11.5 Å². The summed E-state index contributed by atoms with van der Waals surface area (Å²) in [5.41, 5.74) is 1.87. The van der Waals surface area contributed by atoms with Gasteiger partial charge >= 0.3 is 0 Å². The highest BCUT2D eigenvalue weighted by atomic mass is 16.6. The Morgan fingerprint density at radius 2 is 2.33 bits per heavy atom. The van der Waals surface area contributed by atoms with E-state index in [-0.39, 0.29) is 5.69 Å². The Morgan fingerprint density at radius 3 is 3.00 bits per heavy atom. The first-order valence-corrected chi connectivity index (χ1v) is 5.63. The maximum atomic E-state index is 10.7. The second-order valence-corrected chi connectivity index (χ2v) is 3.95. The van der Waals surface area contributed by atoms with E-state index in [0.29, 0.717) is 6.54 Å². The predicted octanol–water partition coefficient (Wildman–Crippen LogP) is 2.21. The first kappa shape index (κ1) is 12.1. The molecule has 94 valence electrons. The smallest absolute Gasteiger partial charge is 0.271 e. The van der Waals surface area contributed by atoms with Crippen molar-refractivity contribution in [3.63, 3.8) is 0 Å². The van der Waals surface area contributed by atoms with Crippen molar-refractivity contribution in [1.29, 1.82) is 0 Å². The average Bonchev–Trinajstić information content (AvgIpc) is 2.84. The Balaban J connectivity index is 2.00. The monoisotopic (exact) mass is 246 g/mol. The number of non-ortho nitro benzene ring substituents is 1. The van der Waals surface area contributed by atoms with E-state index in [1.165, 1.54) is 6.07 Å². The predicted molar refractivity (Wildman–Crippen MR) is 68.6 cm³/mol. The van der Waals surface area contributed by atoms with Gasteiger partial charge in [-0.25, -0.2) is 0 Å². The molecule has 1 heterocycles. The van der Waals surface area contributed by atoms with Crippen molar-refractivity contribution in [2.45, 2.75) is 13.5 Å². The zero-order valence-electron chi connectivity index (χ0n) is 10.0. The second kappa shape index (κ2) is 5.31. The van der Waals surface area contributed by atoms with Crippen molar-refractivity contribution in [3.05, 3.63) is 52.3 Å². The third-order valence-corrected chi connectivity index (χ3v) is 2.65. The number of benzene rings is 1. The number of hydrogen-bond donors (Lipinski definition) is 1. The van der Waals surface area contributed by atoms with Gasteiger partial charge in [0.25, 0.3) is 5.69 Å². The van der Waals surface area contributed by atoms with Crippen LogP contribution in [0.2, 0.25) is 0 Å². The van der Waals surface area contributed by atoms with Crippen LogP contribution < -0.4 is 5.32 Å². The minimum atomic E-state index is -0.391. The fraction of sp³-hybridized carbons (Fsp3) is 0.250. The summed E-state index contributed by atoms with van der Waals surface area (Å²) in [7, 11) is 0.